The van der Waals surface area contributed by atoms with E-state index in [1.54, 1.807) is 23.1 Å². The van der Waals surface area contributed by atoms with Crippen molar-refractivity contribution < 1.29 is 4.79 Å². The number of carbonyl (C=O) groups excluding carboxylic acids is 1. The molecule has 1 saturated heterocycles. The zero-order valence-electron chi connectivity index (χ0n) is 14.0. The van der Waals surface area contributed by atoms with E-state index in [1.807, 2.05) is 31.2 Å². The minimum Gasteiger partial charge on any atom is -0.349 e. The lowest BCUT2D eigenvalue weighted by Crippen LogP contribution is -2.46. The van der Waals surface area contributed by atoms with E-state index in [1.165, 1.54) is 0 Å². The van der Waals surface area contributed by atoms with Crippen molar-refractivity contribution in [3.05, 3.63) is 45.9 Å². The van der Waals surface area contributed by atoms with Gasteiger partial charge in [-0.1, -0.05) is 12.1 Å². The molecule has 0 bridgehead atoms. The van der Waals surface area contributed by atoms with Gasteiger partial charge in [0.05, 0.1) is 16.3 Å². The minimum atomic E-state index is 0.0339. The number of thiazole rings is 1. The molecule has 2 unspecified atom stereocenters. The lowest BCUT2D eigenvalue weighted by atomic mass is 10.0. The van der Waals surface area contributed by atoms with Gasteiger partial charge in [-0.05, 0) is 45.4 Å². The largest absolute Gasteiger partial charge is 0.349 e. The molecular weight excluding hydrogens is 338 g/mol. The van der Waals surface area contributed by atoms with Crippen LogP contribution in [0.15, 0.2) is 34.5 Å². The van der Waals surface area contributed by atoms with Crippen molar-refractivity contribution in [2.45, 2.75) is 49.4 Å². The van der Waals surface area contributed by atoms with E-state index in [0.717, 1.165) is 46.3 Å². The zero-order valence-corrected chi connectivity index (χ0v) is 15.7. The Morgan fingerprint density at radius 2 is 2.29 bits per heavy atom. The van der Waals surface area contributed by atoms with E-state index in [4.69, 9.17) is 0 Å². The van der Waals surface area contributed by atoms with Crippen LogP contribution in [0.3, 0.4) is 0 Å². The molecule has 2 aromatic rings. The van der Waals surface area contributed by atoms with Crippen molar-refractivity contribution >= 4 is 29.0 Å². The minimum absolute atomic E-state index is 0.0339. The van der Waals surface area contributed by atoms with Crippen LogP contribution in [0.4, 0.5) is 0 Å². The van der Waals surface area contributed by atoms with Crippen LogP contribution in [0, 0.1) is 6.92 Å². The van der Waals surface area contributed by atoms with Crippen LogP contribution < -0.4 is 10.6 Å². The topological polar surface area (TPSA) is 54.0 Å². The monoisotopic (exact) mass is 361 g/mol. The van der Waals surface area contributed by atoms with E-state index < -0.39 is 0 Å². The molecule has 1 fully saturated rings. The molecule has 0 aliphatic carbocycles. The average Bonchev–Trinajstić information content (AvgIpc) is 2.99. The maximum atomic E-state index is 12.7. The molecule has 24 heavy (non-hydrogen) atoms. The van der Waals surface area contributed by atoms with Crippen molar-refractivity contribution in [2.75, 3.05) is 6.54 Å². The molecule has 128 valence electrons. The summed E-state index contributed by atoms with van der Waals surface area (Å²) in [5, 5.41) is 9.78. The van der Waals surface area contributed by atoms with Gasteiger partial charge in [0, 0.05) is 28.1 Å². The van der Waals surface area contributed by atoms with Gasteiger partial charge in [-0.15, -0.1) is 23.1 Å². The predicted octanol–water partition coefficient (Wildman–Crippen LogP) is 3.61. The Morgan fingerprint density at radius 3 is 3.04 bits per heavy atom. The van der Waals surface area contributed by atoms with Gasteiger partial charge in [0.2, 0.25) is 0 Å². The fourth-order valence-electron chi connectivity index (χ4n) is 2.93. The number of nitrogens with zero attached hydrogens (tertiary/aromatic N) is 1. The smallest absolute Gasteiger partial charge is 0.252 e. The van der Waals surface area contributed by atoms with Gasteiger partial charge >= 0.3 is 0 Å². The highest BCUT2D eigenvalue weighted by atomic mass is 32.2. The quantitative estimate of drug-likeness (QED) is 0.799. The number of hydrogen-bond acceptors (Lipinski definition) is 5. The number of carbonyl (C=O) groups is 1. The third-order valence-electron chi connectivity index (χ3n) is 4.13. The first-order chi connectivity index (χ1) is 11.6. The highest BCUT2D eigenvalue weighted by molar-refractivity contribution is 7.98. The van der Waals surface area contributed by atoms with Crippen LogP contribution in [0.5, 0.6) is 0 Å². The zero-order chi connectivity index (χ0) is 16.9. The van der Waals surface area contributed by atoms with Crippen LogP contribution in [-0.2, 0) is 5.75 Å². The third kappa shape index (κ3) is 4.59. The number of aryl methyl sites for hydroxylation is 1. The summed E-state index contributed by atoms with van der Waals surface area (Å²) in [5.41, 5.74) is 1.84. The third-order valence-corrected chi connectivity index (χ3v) is 6.06. The van der Waals surface area contributed by atoms with Gasteiger partial charge in [0.15, 0.2) is 0 Å². The Balaban J connectivity index is 1.65. The first kappa shape index (κ1) is 17.5. The van der Waals surface area contributed by atoms with E-state index in [-0.39, 0.29) is 11.9 Å². The number of piperidine rings is 1. The molecular formula is C18H23N3OS2. The van der Waals surface area contributed by atoms with Gasteiger partial charge in [0.1, 0.15) is 0 Å². The number of aromatic nitrogens is 1. The molecule has 1 aliphatic rings. The molecule has 3 rings (SSSR count). The lowest BCUT2D eigenvalue weighted by Gasteiger charge is -2.28. The molecule has 1 aromatic heterocycles. The van der Waals surface area contributed by atoms with Crippen molar-refractivity contribution in [3.8, 4) is 0 Å². The van der Waals surface area contributed by atoms with Crippen molar-refractivity contribution in [1.29, 1.82) is 0 Å². The van der Waals surface area contributed by atoms with Crippen molar-refractivity contribution in [3.63, 3.8) is 0 Å². The first-order valence-electron chi connectivity index (χ1n) is 8.29. The Labute approximate surface area is 151 Å². The second-order valence-electron chi connectivity index (χ2n) is 6.19. The molecule has 1 amide bonds. The fraction of sp³-hybridized carbons (Fsp3) is 0.444. The van der Waals surface area contributed by atoms with Crippen LogP contribution in [0.1, 0.15) is 40.8 Å². The number of nitrogens with one attached hydrogen (secondary N) is 2. The van der Waals surface area contributed by atoms with E-state index in [9.17, 15) is 4.79 Å². The molecule has 2 N–H and O–H groups in total. The van der Waals surface area contributed by atoms with E-state index in [0.29, 0.717) is 6.04 Å². The fourth-order valence-corrected chi connectivity index (χ4v) is 4.59. The molecule has 0 spiro atoms. The van der Waals surface area contributed by atoms with E-state index >= 15 is 0 Å². The number of rotatable bonds is 5. The van der Waals surface area contributed by atoms with Crippen molar-refractivity contribution in [2.24, 2.45) is 0 Å². The lowest BCUT2D eigenvalue weighted by molar-refractivity contribution is 0.0922. The summed E-state index contributed by atoms with van der Waals surface area (Å²) < 4.78 is 0. The average molecular weight is 362 g/mol. The summed E-state index contributed by atoms with van der Waals surface area (Å²) in [4.78, 5) is 18.2. The van der Waals surface area contributed by atoms with Gasteiger partial charge in [-0.2, -0.15) is 0 Å². The van der Waals surface area contributed by atoms with Crippen LogP contribution in [0.25, 0.3) is 0 Å². The SMILES string of the molecule is Cc1nc(CSc2ccccc2C(=O)NC2CCNC(C)C2)cs1. The molecule has 1 aliphatic heterocycles. The second-order valence-corrected chi connectivity index (χ2v) is 8.27. The Bertz CT molecular complexity index is 701. The summed E-state index contributed by atoms with van der Waals surface area (Å²) >= 11 is 3.34. The molecule has 0 radical (unpaired) electrons. The molecule has 6 heteroatoms. The van der Waals surface area contributed by atoms with Crippen LogP contribution in [-0.4, -0.2) is 29.5 Å². The van der Waals surface area contributed by atoms with Crippen LogP contribution >= 0.6 is 23.1 Å². The van der Waals surface area contributed by atoms with Gasteiger partial charge in [0.25, 0.3) is 5.91 Å². The van der Waals surface area contributed by atoms with E-state index in [2.05, 4.69) is 27.9 Å². The highest BCUT2D eigenvalue weighted by Crippen LogP contribution is 2.27. The molecule has 1 aromatic carbocycles. The highest BCUT2D eigenvalue weighted by Gasteiger charge is 2.21. The first-order valence-corrected chi connectivity index (χ1v) is 10.2. The summed E-state index contributed by atoms with van der Waals surface area (Å²) in [6, 6.07) is 8.56. The Morgan fingerprint density at radius 1 is 1.46 bits per heavy atom. The van der Waals surface area contributed by atoms with Gasteiger partial charge in [-0.25, -0.2) is 4.98 Å². The predicted molar refractivity (Wildman–Crippen MR) is 101 cm³/mol. The summed E-state index contributed by atoms with van der Waals surface area (Å²) in [6.07, 6.45) is 1.97. The number of benzene rings is 1. The molecule has 2 atom stereocenters. The Hall–Kier alpha value is -1.37. The number of hydrogen-bond donors (Lipinski definition) is 2. The maximum Gasteiger partial charge on any atom is 0.252 e. The molecule has 0 saturated carbocycles. The maximum absolute atomic E-state index is 12.7. The normalized spacial score (nSPS) is 20.8. The van der Waals surface area contributed by atoms with Crippen molar-refractivity contribution in [1.82, 2.24) is 15.6 Å². The summed E-state index contributed by atoms with van der Waals surface area (Å²) in [5.74, 6) is 0.825. The van der Waals surface area contributed by atoms with Gasteiger partial charge < -0.3 is 10.6 Å². The standard InChI is InChI=1S/C18H23N3OS2/c1-12-9-14(7-8-19-12)21-18(22)16-5-3-4-6-17(16)24-11-15-10-23-13(2)20-15/h3-6,10,12,14,19H,7-9,11H2,1-2H3,(H,21,22). The molecule has 4 nitrogen and oxygen atoms in total. The molecule has 2 heterocycles. The van der Waals surface area contributed by atoms with Crippen LogP contribution in [0.2, 0.25) is 0 Å². The number of amides is 1. The second kappa shape index (κ2) is 8.14. The number of thioether (sulfide) groups is 1. The van der Waals surface area contributed by atoms with Gasteiger partial charge in [-0.3, -0.25) is 4.79 Å². The summed E-state index contributed by atoms with van der Waals surface area (Å²) in [6.45, 7) is 5.14. The summed E-state index contributed by atoms with van der Waals surface area (Å²) in [7, 11) is 0. The Kier molecular flexibility index (Phi) is 5.92.